The van der Waals surface area contributed by atoms with Gasteiger partial charge in [0.1, 0.15) is 5.82 Å². The Kier molecular flexibility index (Phi) is 3.36. The molecular weight excluding hydrogens is 302 g/mol. The fraction of sp³-hybridized carbons (Fsp3) is 0.615. The summed E-state index contributed by atoms with van der Waals surface area (Å²) in [5.74, 6) is 1.91. The lowest BCUT2D eigenvalue weighted by Crippen LogP contribution is -2.38. The minimum absolute atomic E-state index is 0.000973. The number of aromatic amines is 2. The van der Waals surface area contributed by atoms with Crippen molar-refractivity contribution in [3.8, 4) is 0 Å². The molecule has 3 N–H and O–H groups in total. The molecule has 0 bridgehead atoms. The van der Waals surface area contributed by atoms with Crippen LogP contribution in [0.25, 0.3) is 0 Å². The molecule has 2 amide bonds. The molecule has 1 aliphatic carbocycles. The molecular formula is C13H17N7O3. The van der Waals surface area contributed by atoms with Crippen molar-refractivity contribution in [2.45, 2.75) is 37.6 Å². The molecule has 2 aliphatic rings. The van der Waals surface area contributed by atoms with Crippen molar-refractivity contribution >= 4 is 6.03 Å². The summed E-state index contributed by atoms with van der Waals surface area (Å²) in [6, 6.07) is -0.164. The molecule has 3 heterocycles. The van der Waals surface area contributed by atoms with Gasteiger partial charge in [-0.3, -0.25) is 14.6 Å². The first-order chi connectivity index (χ1) is 11.2. The maximum Gasteiger partial charge on any atom is 0.438 e. The van der Waals surface area contributed by atoms with E-state index in [-0.39, 0.29) is 11.9 Å². The van der Waals surface area contributed by atoms with Crippen LogP contribution in [0, 0.1) is 0 Å². The van der Waals surface area contributed by atoms with Crippen LogP contribution in [0.3, 0.4) is 0 Å². The lowest BCUT2D eigenvalue weighted by molar-refractivity contribution is 0.207. The number of rotatable bonds is 4. The van der Waals surface area contributed by atoms with Gasteiger partial charge in [-0.25, -0.2) is 14.6 Å². The minimum atomic E-state index is -0.570. The van der Waals surface area contributed by atoms with Crippen molar-refractivity contribution in [3.63, 3.8) is 0 Å². The predicted octanol–water partition coefficient (Wildman–Crippen LogP) is 0.0575. The number of amides is 2. The zero-order chi connectivity index (χ0) is 15.8. The van der Waals surface area contributed by atoms with Gasteiger partial charge in [0.15, 0.2) is 11.6 Å². The second-order valence-electron chi connectivity index (χ2n) is 5.99. The zero-order valence-corrected chi connectivity index (χ0v) is 12.4. The summed E-state index contributed by atoms with van der Waals surface area (Å²) in [4.78, 5) is 31.8. The number of hydrogen-bond donors (Lipinski definition) is 3. The van der Waals surface area contributed by atoms with Gasteiger partial charge in [0.2, 0.25) is 0 Å². The Hall–Kier alpha value is -2.65. The SMILES string of the molecule is O=C(NCc1nc(C2CC2)n[nH]1)N1CCC(c2noc(=O)[nH]2)C1. The fourth-order valence-corrected chi connectivity index (χ4v) is 2.77. The summed E-state index contributed by atoms with van der Waals surface area (Å²) in [6.45, 7) is 1.42. The molecule has 23 heavy (non-hydrogen) atoms. The smallest absolute Gasteiger partial charge is 0.331 e. The molecule has 2 aromatic rings. The normalized spacial score (nSPS) is 20.9. The number of carbonyl (C=O) groups is 1. The van der Waals surface area contributed by atoms with Crippen molar-refractivity contribution in [2.75, 3.05) is 13.1 Å². The molecule has 1 saturated heterocycles. The molecule has 122 valence electrons. The predicted molar refractivity (Wildman–Crippen MR) is 76.6 cm³/mol. The molecule has 10 nitrogen and oxygen atoms in total. The molecule has 1 aliphatic heterocycles. The highest BCUT2D eigenvalue weighted by Gasteiger charge is 2.30. The number of aromatic nitrogens is 5. The van der Waals surface area contributed by atoms with Crippen LogP contribution < -0.4 is 11.1 Å². The van der Waals surface area contributed by atoms with Crippen molar-refractivity contribution < 1.29 is 9.32 Å². The summed E-state index contributed by atoms with van der Waals surface area (Å²) < 4.78 is 4.51. The van der Waals surface area contributed by atoms with Gasteiger partial charge >= 0.3 is 11.8 Å². The topological polar surface area (TPSA) is 133 Å². The third kappa shape index (κ3) is 2.96. The number of nitrogens with one attached hydrogen (secondary N) is 3. The monoisotopic (exact) mass is 319 g/mol. The third-order valence-electron chi connectivity index (χ3n) is 4.22. The largest absolute Gasteiger partial charge is 0.438 e. The molecule has 1 unspecified atom stereocenters. The first kappa shape index (κ1) is 14.0. The van der Waals surface area contributed by atoms with Gasteiger partial charge in [0.25, 0.3) is 0 Å². The zero-order valence-electron chi connectivity index (χ0n) is 12.4. The Balaban J connectivity index is 1.30. The van der Waals surface area contributed by atoms with Crippen LogP contribution in [-0.2, 0) is 6.54 Å². The highest BCUT2D eigenvalue weighted by atomic mass is 16.5. The van der Waals surface area contributed by atoms with Crippen molar-refractivity contribution in [1.29, 1.82) is 0 Å². The first-order valence-corrected chi connectivity index (χ1v) is 7.69. The van der Waals surface area contributed by atoms with Gasteiger partial charge in [0, 0.05) is 24.9 Å². The van der Waals surface area contributed by atoms with Crippen LogP contribution in [-0.4, -0.2) is 49.3 Å². The van der Waals surface area contributed by atoms with E-state index < -0.39 is 5.76 Å². The molecule has 4 rings (SSSR count). The molecule has 0 aromatic carbocycles. The van der Waals surface area contributed by atoms with Gasteiger partial charge in [-0.1, -0.05) is 5.16 Å². The Bertz CT molecular complexity index is 759. The standard InChI is InChI=1S/C13H17N7O3/c21-12(14-5-9-15-10(18-17-9)7-1-2-7)20-4-3-8(6-20)11-16-13(22)23-19-11/h7-8H,1-6H2,(H,14,21)(H,15,17,18)(H,16,19,22). The highest BCUT2D eigenvalue weighted by molar-refractivity contribution is 5.74. The molecule has 10 heteroatoms. The Morgan fingerprint density at radius 2 is 2.22 bits per heavy atom. The number of carbonyl (C=O) groups excluding carboxylic acids is 1. The van der Waals surface area contributed by atoms with Crippen LogP contribution in [0.5, 0.6) is 0 Å². The highest BCUT2D eigenvalue weighted by Crippen LogP contribution is 2.37. The summed E-state index contributed by atoms with van der Waals surface area (Å²) in [7, 11) is 0. The maximum atomic E-state index is 12.2. The third-order valence-corrected chi connectivity index (χ3v) is 4.22. The van der Waals surface area contributed by atoms with Crippen molar-refractivity contribution in [3.05, 3.63) is 28.0 Å². The van der Waals surface area contributed by atoms with Gasteiger partial charge in [0.05, 0.1) is 6.54 Å². The van der Waals surface area contributed by atoms with Crippen LogP contribution in [0.2, 0.25) is 0 Å². The lowest BCUT2D eigenvalue weighted by atomic mass is 10.1. The van der Waals surface area contributed by atoms with E-state index in [0.717, 1.165) is 25.1 Å². The molecule has 0 spiro atoms. The van der Waals surface area contributed by atoms with E-state index in [0.29, 0.717) is 37.2 Å². The van der Waals surface area contributed by atoms with E-state index in [9.17, 15) is 9.59 Å². The van der Waals surface area contributed by atoms with Crippen LogP contribution >= 0.6 is 0 Å². The van der Waals surface area contributed by atoms with Crippen LogP contribution in [0.15, 0.2) is 9.32 Å². The maximum absolute atomic E-state index is 12.2. The molecule has 2 fully saturated rings. The van der Waals surface area contributed by atoms with Crippen LogP contribution in [0.4, 0.5) is 4.79 Å². The number of likely N-dealkylation sites (tertiary alicyclic amines) is 1. The van der Waals surface area contributed by atoms with Gasteiger partial charge in [-0.05, 0) is 19.3 Å². The minimum Gasteiger partial charge on any atom is -0.331 e. The first-order valence-electron chi connectivity index (χ1n) is 7.69. The Labute approximate surface area is 130 Å². The van der Waals surface area contributed by atoms with Crippen molar-refractivity contribution in [1.82, 2.24) is 35.5 Å². The second-order valence-corrected chi connectivity index (χ2v) is 5.99. The molecule has 0 radical (unpaired) electrons. The average Bonchev–Trinajstić information content (AvgIpc) is 2.96. The molecule has 1 atom stereocenters. The quantitative estimate of drug-likeness (QED) is 0.729. The Morgan fingerprint density at radius 3 is 2.96 bits per heavy atom. The van der Waals surface area contributed by atoms with Gasteiger partial charge < -0.3 is 10.2 Å². The molecule has 2 aromatic heterocycles. The van der Waals surface area contributed by atoms with E-state index in [2.05, 4.69) is 35.2 Å². The Morgan fingerprint density at radius 1 is 1.35 bits per heavy atom. The number of hydrogen-bond acceptors (Lipinski definition) is 6. The average molecular weight is 319 g/mol. The van der Waals surface area contributed by atoms with E-state index in [4.69, 9.17) is 0 Å². The molecule has 1 saturated carbocycles. The van der Waals surface area contributed by atoms with E-state index in [1.807, 2.05) is 0 Å². The number of nitrogens with zero attached hydrogens (tertiary/aromatic N) is 4. The second kappa shape index (κ2) is 5.52. The van der Waals surface area contributed by atoms with Gasteiger partial charge in [-0.2, -0.15) is 5.10 Å². The van der Waals surface area contributed by atoms with E-state index >= 15 is 0 Å². The van der Waals surface area contributed by atoms with E-state index in [1.165, 1.54) is 0 Å². The van der Waals surface area contributed by atoms with Crippen molar-refractivity contribution in [2.24, 2.45) is 0 Å². The number of H-pyrrole nitrogens is 2. The summed E-state index contributed by atoms with van der Waals surface area (Å²) in [6.07, 6.45) is 3.02. The van der Waals surface area contributed by atoms with Gasteiger partial charge in [-0.15, -0.1) is 0 Å². The summed E-state index contributed by atoms with van der Waals surface area (Å²) >= 11 is 0. The van der Waals surface area contributed by atoms with Crippen LogP contribution in [0.1, 0.15) is 48.6 Å². The summed E-state index contributed by atoms with van der Waals surface area (Å²) in [5, 5.41) is 13.5. The summed E-state index contributed by atoms with van der Waals surface area (Å²) in [5.41, 5.74) is 0. The number of urea groups is 1. The fourth-order valence-electron chi connectivity index (χ4n) is 2.77. The lowest BCUT2D eigenvalue weighted by Gasteiger charge is -2.16. The van der Waals surface area contributed by atoms with E-state index in [1.54, 1.807) is 4.90 Å².